The molecule has 1 aromatic rings. The number of nitrogens with zero attached hydrogens (tertiary/aromatic N) is 1. The molecule has 19 heavy (non-hydrogen) atoms. The molecule has 1 aliphatic rings. The smallest absolute Gasteiger partial charge is 0.246 e. The van der Waals surface area contributed by atoms with E-state index in [0.717, 1.165) is 5.69 Å². The van der Waals surface area contributed by atoms with Crippen LogP contribution in [0.15, 0.2) is 24.3 Å². The Morgan fingerprint density at radius 2 is 2.00 bits per heavy atom. The van der Waals surface area contributed by atoms with Crippen molar-refractivity contribution in [1.82, 2.24) is 5.32 Å². The highest BCUT2D eigenvalue weighted by molar-refractivity contribution is 5.98. The average molecular weight is 262 g/mol. The van der Waals surface area contributed by atoms with Crippen LogP contribution in [0.3, 0.4) is 0 Å². The number of amides is 1. The van der Waals surface area contributed by atoms with E-state index < -0.39 is 6.04 Å². The van der Waals surface area contributed by atoms with Gasteiger partial charge in [0.1, 0.15) is 6.04 Å². The fourth-order valence-corrected chi connectivity index (χ4v) is 2.42. The Kier molecular flexibility index (Phi) is 4.22. The molecule has 1 heterocycles. The number of hydrogen-bond acceptors (Lipinski definition) is 3. The first kappa shape index (κ1) is 14.0. The molecular formula is C15H22N2O2. The van der Waals surface area contributed by atoms with Crippen LogP contribution in [0.1, 0.15) is 32.3 Å². The van der Waals surface area contributed by atoms with Gasteiger partial charge in [-0.1, -0.05) is 26.0 Å². The van der Waals surface area contributed by atoms with E-state index in [-0.39, 0.29) is 18.6 Å². The van der Waals surface area contributed by atoms with E-state index in [2.05, 4.69) is 31.3 Å². The zero-order valence-electron chi connectivity index (χ0n) is 11.8. The van der Waals surface area contributed by atoms with Gasteiger partial charge in [-0.2, -0.15) is 0 Å². The first-order valence-corrected chi connectivity index (χ1v) is 6.82. The van der Waals surface area contributed by atoms with Crippen LogP contribution in [-0.4, -0.2) is 36.2 Å². The van der Waals surface area contributed by atoms with Crippen molar-refractivity contribution < 1.29 is 9.90 Å². The number of aliphatic hydroxyl groups is 1. The summed E-state index contributed by atoms with van der Waals surface area (Å²) in [6.07, 6.45) is 0. The van der Waals surface area contributed by atoms with E-state index in [9.17, 15) is 9.90 Å². The fraction of sp³-hybridized carbons (Fsp3) is 0.533. The van der Waals surface area contributed by atoms with Crippen LogP contribution in [-0.2, 0) is 4.79 Å². The standard InChI is InChI=1S/C15H22N2O2/c1-10(2)12-4-6-13(7-5-12)17-11(3)8-16-14(9-18)15(17)19/h4-7,10-11,14,16,18H,8-9H2,1-3H3. The van der Waals surface area contributed by atoms with Gasteiger partial charge < -0.3 is 15.3 Å². The quantitative estimate of drug-likeness (QED) is 0.868. The minimum absolute atomic E-state index is 0.0569. The maximum absolute atomic E-state index is 12.3. The number of hydrogen-bond donors (Lipinski definition) is 2. The van der Waals surface area contributed by atoms with Crippen LogP contribution in [0.2, 0.25) is 0 Å². The number of rotatable bonds is 3. The predicted molar refractivity (Wildman–Crippen MR) is 76.4 cm³/mol. The van der Waals surface area contributed by atoms with Gasteiger partial charge in [0, 0.05) is 18.3 Å². The number of piperazine rings is 1. The first-order chi connectivity index (χ1) is 9.04. The second kappa shape index (κ2) is 5.72. The normalized spacial score (nSPS) is 24.1. The molecule has 2 unspecified atom stereocenters. The predicted octanol–water partition coefficient (Wildman–Crippen LogP) is 1.50. The minimum Gasteiger partial charge on any atom is -0.394 e. The summed E-state index contributed by atoms with van der Waals surface area (Å²) in [7, 11) is 0. The molecule has 1 fully saturated rings. The van der Waals surface area contributed by atoms with E-state index in [4.69, 9.17) is 0 Å². The number of carbonyl (C=O) groups excluding carboxylic acids is 1. The van der Waals surface area contributed by atoms with Crippen LogP contribution in [0, 0.1) is 0 Å². The monoisotopic (exact) mass is 262 g/mol. The van der Waals surface area contributed by atoms with Gasteiger partial charge >= 0.3 is 0 Å². The summed E-state index contributed by atoms with van der Waals surface area (Å²) in [6.45, 7) is 6.84. The Bertz CT molecular complexity index is 442. The molecule has 2 rings (SSSR count). The fourth-order valence-electron chi connectivity index (χ4n) is 2.42. The molecule has 0 bridgehead atoms. The van der Waals surface area contributed by atoms with Crippen molar-refractivity contribution in [3.05, 3.63) is 29.8 Å². The molecule has 1 saturated heterocycles. The van der Waals surface area contributed by atoms with Crippen LogP contribution in [0.5, 0.6) is 0 Å². The lowest BCUT2D eigenvalue weighted by Crippen LogP contribution is -2.60. The third kappa shape index (κ3) is 2.80. The summed E-state index contributed by atoms with van der Waals surface area (Å²) in [4.78, 5) is 14.1. The Morgan fingerprint density at radius 3 is 2.53 bits per heavy atom. The van der Waals surface area contributed by atoms with Crippen molar-refractivity contribution in [2.75, 3.05) is 18.1 Å². The lowest BCUT2D eigenvalue weighted by molar-refractivity contribution is -0.123. The number of carbonyl (C=O) groups is 1. The van der Waals surface area contributed by atoms with E-state index in [1.165, 1.54) is 5.56 Å². The van der Waals surface area contributed by atoms with Gasteiger partial charge in [0.25, 0.3) is 0 Å². The number of nitrogens with one attached hydrogen (secondary N) is 1. The molecule has 0 aromatic heterocycles. The molecule has 0 saturated carbocycles. The summed E-state index contributed by atoms with van der Waals surface area (Å²) >= 11 is 0. The second-order valence-corrected chi connectivity index (χ2v) is 5.45. The molecule has 1 aromatic carbocycles. The summed E-state index contributed by atoms with van der Waals surface area (Å²) in [6, 6.07) is 7.72. The second-order valence-electron chi connectivity index (χ2n) is 5.45. The van der Waals surface area contributed by atoms with E-state index in [0.29, 0.717) is 12.5 Å². The maximum atomic E-state index is 12.3. The Labute approximate surface area is 114 Å². The van der Waals surface area contributed by atoms with Gasteiger partial charge in [-0.25, -0.2) is 0 Å². The van der Waals surface area contributed by atoms with E-state index >= 15 is 0 Å². The van der Waals surface area contributed by atoms with Gasteiger partial charge in [0.15, 0.2) is 0 Å². The van der Waals surface area contributed by atoms with Gasteiger partial charge in [-0.15, -0.1) is 0 Å². The largest absolute Gasteiger partial charge is 0.394 e. The van der Waals surface area contributed by atoms with Crippen molar-refractivity contribution in [3.8, 4) is 0 Å². The minimum atomic E-state index is -0.485. The van der Waals surface area contributed by atoms with Gasteiger partial charge in [0.2, 0.25) is 5.91 Å². The van der Waals surface area contributed by atoms with Crippen LogP contribution in [0.25, 0.3) is 0 Å². The zero-order valence-corrected chi connectivity index (χ0v) is 11.8. The molecule has 4 nitrogen and oxygen atoms in total. The molecule has 0 aliphatic carbocycles. The molecular weight excluding hydrogens is 240 g/mol. The van der Waals surface area contributed by atoms with Crippen LogP contribution < -0.4 is 10.2 Å². The lowest BCUT2D eigenvalue weighted by Gasteiger charge is -2.37. The van der Waals surface area contributed by atoms with Crippen molar-refractivity contribution in [3.63, 3.8) is 0 Å². The van der Waals surface area contributed by atoms with Crippen LogP contribution in [0.4, 0.5) is 5.69 Å². The maximum Gasteiger partial charge on any atom is 0.246 e. The highest BCUT2D eigenvalue weighted by Gasteiger charge is 2.33. The van der Waals surface area contributed by atoms with Gasteiger partial charge in [-0.3, -0.25) is 4.79 Å². The van der Waals surface area contributed by atoms with Crippen molar-refractivity contribution in [1.29, 1.82) is 0 Å². The summed E-state index contributed by atoms with van der Waals surface area (Å²) in [5.74, 6) is 0.425. The molecule has 0 radical (unpaired) electrons. The molecule has 2 atom stereocenters. The van der Waals surface area contributed by atoms with Crippen molar-refractivity contribution in [2.45, 2.75) is 38.8 Å². The number of benzene rings is 1. The van der Waals surface area contributed by atoms with Gasteiger partial charge in [-0.05, 0) is 30.5 Å². The molecule has 2 N–H and O–H groups in total. The molecule has 104 valence electrons. The molecule has 1 aliphatic heterocycles. The molecule has 0 spiro atoms. The zero-order chi connectivity index (χ0) is 14.0. The number of anilines is 1. The summed E-state index contributed by atoms with van der Waals surface area (Å²) in [5.41, 5.74) is 2.17. The average Bonchev–Trinajstić information content (AvgIpc) is 2.39. The highest BCUT2D eigenvalue weighted by atomic mass is 16.3. The number of aliphatic hydroxyl groups excluding tert-OH is 1. The lowest BCUT2D eigenvalue weighted by atomic mass is 10.0. The third-order valence-electron chi connectivity index (χ3n) is 3.66. The molecule has 4 heteroatoms. The summed E-state index contributed by atoms with van der Waals surface area (Å²) < 4.78 is 0. The Morgan fingerprint density at radius 1 is 1.37 bits per heavy atom. The Balaban J connectivity index is 2.25. The Hall–Kier alpha value is -1.39. The molecule has 1 amide bonds. The summed E-state index contributed by atoms with van der Waals surface area (Å²) in [5, 5.41) is 12.3. The SMILES string of the molecule is CC(C)c1ccc(N2C(=O)C(CO)NCC2C)cc1. The van der Waals surface area contributed by atoms with Crippen molar-refractivity contribution >= 4 is 11.6 Å². The van der Waals surface area contributed by atoms with E-state index in [1.807, 2.05) is 19.1 Å². The van der Waals surface area contributed by atoms with E-state index in [1.54, 1.807) is 4.90 Å². The van der Waals surface area contributed by atoms with Crippen LogP contribution >= 0.6 is 0 Å². The topological polar surface area (TPSA) is 52.6 Å². The first-order valence-electron chi connectivity index (χ1n) is 6.82. The third-order valence-corrected chi connectivity index (χ3v) is 3.66. The van der Waals surface area contributed by atoms with Gasteiger partial charge in [0.05, 0.1) is 6.61 Å². The highest BCUT2D eigenvalue weighted by Crippen LogP contribution is 2.23. The van der Waals surface area contributed by atoms with Crippen molar-refractivity contribution in [2.24, 2.45) is 0 Å².